The predicted octanol–water partition coefficient (Wildman–Crippen LogP) is 6.11. The van der Waals surface area contributed by atoms with Gasteiger partial charge in [-0.25, -0.2) is 0 Å². The van der Waals surface area contributed by atoms with Crippen LogP contribution in [0.5, 0.6) is 0 Å². The van der Waals surface area contributed by atoms with Gasteiger partial charge in [0.15, 0.2) is 0 Å². The van der Waals surface area contributed by atoms with Crippen molar-refractivity contribution in [2.45, 2.75) is 39.5 Å². The van der Waals surface area contributed by atoms with Crippen LogP contribution in [0.1, 0.15) is 49.1 Å². The molecule has 0 atom stereocenters. The van der Waals surface area contributed by atoms with Crippen LogP contribution in [0.25, 0.3) is 16.7 Å². The first-order valence-corrected chi connectivity index (χ1v) is 9.37. The molecule has 0 radical (unpaired) electrons. The highest BCUT2D eigenvalue weighted by Gasteiger charge is 2.10. The van der Waals surface area contributed by atoms with Crippen molar-refractivity contribution in [1.29, 1.82) is 0 Å². The zero-order valence-electron chi connectivity index (χ0n) is 15.7. The van der Waals surface area contributed by atoms with Crippen LogP contribution < -0.4 is 0 Å². The molecule has 2 heteroatoms. The number of aryl methyl sites for hydroxylation is 1. The van der Waals surface area contributed by atoms with E-state index >= 15 is 0 Å². The Morgan fingerprint density at radius 1 is 0.962 bits per heavy atom. The van der Waals surface area contributed by atoms with Gasteiger partial charge in [0.25, 0.3) is 0 Å². The van der Waals surface area contributed by atoms with E-state index in [9.17, 15) is 0 Å². The van der Waals surface area contributed by atoms with Crippen molar-refractivity contribution in [3.05, 3.63) is 90.0 Å². The molecule has 2 heterocycles. The molecule has 26 heavy (non-hydrogen) atoms. The zero-order chi connectivity index (χ0) is 18.4. The fraction of sp³-hybridized carbons (Fsp3) is 0.250. The topological polar surface area (TPSA) is 25.8 Å². The third-order valence-corrected chi connectivity index (χ3v) is 4.76. The molecule has 0 N–H and O–H groups in total. The van der Waals surface area contributed by atoms with Gasteiger partial charge < -0.3 is 0 Å². The van der Waals surface area contributed by atoms with Gasteiger partial charge in [-0.3, -0.25) is 9.97 Å². The van der Waals surface area contributed by atoms with E-state index in [0.717, 1.165) is 31.4 Å². The van der Waals surface area contributed by atoms with Crippen molar-refractivity contribution in [2.75, 3.05) is 0 Å². The second kappa shape index (κ2) is 8.57. The summed E-state index contributed by atoms with van der Waals surface area (Å²) in [5.74, 6) is 0. The number of benzene rings is 1. The van der Waals surface area contributed by atoms with Crippen molar-refractivity contribution in [3.8, 4) is 11.1 Å². The maximum absolute atomic E-state index is 4.67. The van der Waals surface area contributed by atoms with Gasteiger partial charge in [0.05, 0.1) is 5.69 Å². The van der Waals surface area contributed by atoms with Crippen molar-refractivity contribution >= 4 is 5.57 Å². The third-order valence-electron chi connectivity index (χ3n) is 4.76. The summed E-state index contributed by atoms with van der Waals surface area (Å²) in [5, 5.41) is 0. The molecule has 0 aliphatic carbocycles. The Balaban J connectivity index is 1.88. The van der Waals surface area contributed by atoms with Crippen LogP contribution >= 0.6 is 0 Å². The van der Waals surface area contributed by atoms with Crippen LogP contribution in [0, 0.1) is 0 Å². The van der Waals surface area contributed by atoms with Crippen LogP contribution in [-0.4, -0.2) is 9.97 Å². The Morgan fingerprint density at radius 2 is 1.77 bits per heavy atom. The lowest BCUT2D eigenvalue weighted by Gasteiger charge is -2.12. The minimum absolute atomic E-state index is 0.814. The molecule has 0 saturated carbocycles. The minimum Gasteiger partial charge on any atom is -0.264 e. The molecule has 0 fully saturated rings. The van der Waals surface area contributed by atoms with Gasteiger partial charge >= 0.3 is 0 Å². The summed E-state index contributed by atoms with van der Waals surface area (Å²) < 4.78 is 0. The van der Waals surface area contributed by atoms with Gasteiger partial charge in [-0.1, -0.05) is 57.2 Å². The summed E-state index contributed by atoms with van der Waals surface area (Å²) >= 11 is 0. The normalized spacial score (nSPS) is 10.7. The molecule has 1 aromatic carbocycles. The van der Waals surface area contributed by atoms with Gasteiger partial charge in [-0.05, 0) is 47.2 Å². The summed E-state index contributed by atoms with van der Waals surface area (Å²) in [6.45, 7) is 8.54. The van der Waals surface area contributed by atoms with Crippen LogP contribution in [0.3, 0.4) is 0 Å². The molecule has 0 spiro atoms. The van der Waals surface area contributed by atoms with Crippen LogP contribution in [-0.2, 0) is 12.8 Å². The lowest BCUT2D eigenvalue weighted by atomic mass is 9.95. The van der Waals surface area contributed by atoms with Crippen molar-refractivity contribution in [2.24, 2.45) is 0 Å². The van der Waals surface area contributed by atoms with Gasteiger partial charge in [-0.2, -0.15) is 0 Å². The van der Waals surface area contributed by atoms with Gasteiger partial charge in [0, 0.05) is 36.1 Å². The first kappa shape index (κ1) is 18.1. The third kappa shape index (κ3) is 4.08. The Kier molecular flexibility index (Phi) is 5.96. The number of hydrogen-bond donors (Lipinski definition) is 0. The fourth-order valence-electron chi connectivity index (χ4n) is 3.30. The predicted molar refractivity (Wildman–Crippen MR) is 110 cm³/mol. The highest BCUT2D eigenvalue weighted by atomic mass is 14.7. The largest absolute Gasteiger partial charge is 0.264 e. The molecule has 3 rings (SSSR count). The quantitative estimate of drug-likeness (QED) is 0.517. The summed E-state index contributed by atoms with van der Waals surface area (Å²) in [6.07, 6.45) is 9.66. The van der Waals surface area contributed by atoms with E-state index in [1.54, 1.807) is 0 Å². The number of allylic oxidation sites excluding steroid dienone is 1. The van der Waals surface area contributed by atoms with Gasteiger partial charge in [-0.15, -0.1) is 0 Å². The first-order valence-electron chi connectivity index (χ1n) is 9.37. The van der Waals surface area contributed by atoms with E-state index in [-0.39, 0.29) is 0 Å². The Labute approximate surface area is 156 Å². The zero-order valence-corrected chi connectivity index (χ0v) is 15.7. The maximum atomic E-state index is 4.67. The Hall–Kier alpha value is -2.74. The van der Waals surface area contributed by atoms with E-state index < -0.39 is 0 Å². The van der Waals surface area contributed by atoms with E-state index in [0.29, 0.717) is 0 Å². The standard InChI is InChI=1S/C24H26N2/c1-4-7-18(3)21-11-9-19(10-12-21)16-24-22(8-6-14-26-24)23-17-25-15-13-20(23)5-2/h6,8-15,17H,3-5,7,16H2,1-2H3. The smallest absolute Gasteiger partial charge is 0.0526 e. The second-order valence-electron chi connectivity index (χ2n) is 6.61. The molecule has 0 aliphatic rings. The molecular weight excluding hydrogens is 316 g/mol. The number of rotatable bonds is 7. The Bertz CT molecular complexity index is 879. The average molecular weight is 342 g/mol. The Morgan fingerprint density at radius 3 is 2.50 bits per heavy atom. The maximum Gasteiger partial charge on any atom is 0.0526 e. The molecular formula is C24H26N2. The van der Waals surface area contributed by atoms with Crippen molar-refractivity contribution < 1.29 is 0 Å². The molecule has 2 nitrogen and oxygen atoms in total. The summed E-state index contributed by atoms with van der Waals surface area (Å²) in [5.41, 5.74) is 8.47. The molecule has 2 aromatic heterocycles. The molecule has 0 aliphatic heterocycles. The molecule has 0 unspecified atom stereocenters. The minimum atomic E-state index is 0.814. The molecule has 0 saturated heterocycles. The number of aromatic nitrogens is 2. The van der Waals surface area contributed by atoms with Gasteiger partial charge in [0.1, 0.15) is 0 Å². The van der Waals surface area contributed by atoms with Crippen LogP contribution in [0.2, 0.25) is 0 Å². The van der Waals surface area contributed by atoms with Gasteiger partial charge in [0.2, 0.25) is 0 Å². The lowest BCUT2D eigenvalue weighted by molar-refractivity contribution is 0.975. The average Bonchev–Trinajstić information content (AvgIpc) is 2.69. The van der Waals surface area contributed by atoms with E-state index in [2.05, 4.69) is 66.8 Å². The summed E-state index contributed by atoms with van der Waals surface area (Å²) in [4.78, 5) is 9.00. The van der Waals surface area contributed by atoms with Crippen LogP contribution in [0.15, 0.2) is 67.6 Å². The SMILES string of the molecule is C=C(CCC)c1ccc(Cc2ncccc2-c2cnccc2CC)cc1. The highest BCUT2D eigenvalue weighted by Crippen LogP contribution is 2.27. The summed E-state index contributed by atoms with van der Waals surface area (Å²) in [6, 6.07) is 15.0. The number of nitrogens with zero attached hydrogens (tertiary/aromatic N) is 2. The fourth-order valence-corrected chi connectivity index (χ4v) is 3.30. The van der Waals surface area contributed by atoms with Crippen LogP contribution in [0.4, 0.5) is 0 Å². The monoisotopic (exact) mass is 342 g/mol. The number of pyridine rings is 2. The summed E-state index contributed by atoms with van der Waals surface area (Å²) in [7, 11) is 0. The van der Waals surface area contributed by atoms with E-state index in [1.807, 2.05) is 24.7 Å². The molecule has 0 amide bonds. The number of hydrogen-bond acceptors (Lipinski definition) is 2. The lowest BCUT2D eigenvalue weighted by Crippen LogP contribution is -1.98. The second-order valence-corrected chi connectivity index (χ2v) is 6.61. The first-order chi connectivity index (χ1) is 12.7. The molecule has 132 valence electrons. The van der Waals surface area contributed by atoms with Crippen molar-refractivity contribution in [3.63, 3.8) is 0 Å². The van der Waals surface area contributed by atoms with E-state index in [4.69, 9.17) is 0 Å². The highest BCUT2D eigenvalue weighted by molar-refractivity contribution is 5.69. The van der Waals surface area contributed by atoms with Crippen molar-refractivity contribution in [1.82, 2.24) is 9.97 Å². The molecule has 3 aromatic rings. The van der Waals surface area contributed by atoms with E-state index in [1.165, 1.54) is 33.4 Å². The molecule has 0 bridgehead atoms.